The minimum atomic E-state index is -0.0837. The van der Waals surface area contributed by atoms with Gasteiger partial charge in [0.15, 0.2) is 0 Å². The summed E-state index contributed by atoms with van der Waals surface area (Å²) in [4.78, 5) is 21.4. The largest absolute Gasteiger partial charge is 0.397 e. The average Bonchev–Trinajstić information content (AvgIpc) is 3.14. The fourth-order valence-corrected chi connectivity index (χ4v) is 5.95. The number of fused-ring (bicyclic) bond motifs is 2. The molecule has 7 heteroatoms. The molecule has 0 radical (unpaired) electrons. The van der Waals surface area contributed by atoms with Gasteiger partial charge < -0.3 is 21.3 Å². The lowest BCUT2D eigenvalue weighted by atomic mass is 9.87. The van der Waals surface area contributed by atoms with Crippen LogP contribution in [0.25, 0.3) is 10.2 Å². The molecule has 3 aromatic rings. The zero-order chi connectivity index (χ0) is 22.2. The van der Waals surface area contributed by atoms with Gasteiger partial charge in [-0.05, 0) is 68.0 Å². The van der Waals surface area contributed by atoms with Crippen LogP contribution in [0.3, 0.4) is 0 Å². The number of anilines is 2. The predicted octanol–water partition coefficient (Wildman–Crippen LogP) is 3.66. The summed E-state index contributed by atoms with van der Waals surface area (Å²) in [5.41, 5.74) is 11.8. The van der Waals surface area contributed by atoms with Crippen molar-refractivity contribution in [3.05, 3.63) is 52.0 Å². The first-order chi connectivity index (χ1) is 15.5. The van der Waals surface area contributed by atoms with Gasteiger partial charge in [-0.15, -0.1) is 11.3 Å². The quantitative estimate of drug-likeness (QED) is 0.566. The normalized spacial score (nSPS) is 20.9. The Morgan fingerprint density at radius 1 is 1.31 bits per heavy atom. The molecule has 0 unspecified atom stereocenters. The topological polar surface area (TPSA) is 83.3 Å². The van der Waals surface area contributed by atoms with Crippen molar-refractivity contribution in [1.82, 2.24) is 15.6 Å². The van der Waals surface area contributed by atoms with Crippen LogP contribution >= 0.6 is 11.3 Å². The Morgan fingerprint density at radius 2 is 2.19 bits per heavy atom. The van der Waals surface area contributed by atoms with E-state index in [1.807, 2.05) is 19.1 Å². The van der Waals surface area contributed by atoms with Gasteiger partial charge in [0.25, 0.3) is 5.91 Å². The molecule has 1 fully saturated rings. The SMILES string of the molecule is CC[C@@H]1CN(c2ccc3c(c2)CC[C@H](NC(=O)c2sc4nc(C)ccc4c2N)C3)CCN1. The number of pyridine rings is 1. The molecule has 0 saturated carbocycles. The summed E-state index contributed by atoms with van der Waals surface area (Å²) in [7, 11) is 0. The van der Waals surface area contributed by atoms with Crippen molar-refractivity contribution in [2.45, 2.75) is 51.6 Å². The summed E-state index contributed by atoms with van der Waals surface area (Å²) in [5, 5.41) is 7.68. The number of aryl methyl sites for hydroxylation is 2. The smallest absolute Gasteiger partial charge is 0.263 e. The molecular formula is C25H31N5OS. The van der Waals surface area contributed by atoms with Gasteiger partial charge in [0.2, 0.25) is 0 Å². The van der Waals surface area contributed by atoms with E-state index in [0.29, 0.717) is 16.6 Å². The zero-order valence-corrected chi connectivity index (χ0v) is 19.6. The van der Waals surface area contributed by atoms with Crippen LogP contribution in [0, 0.1) is 6.92 Å². The van der Waals surface area contributed by atoms with Crippen LogP contribution in [0.5, 0.6) is 0 Å². The van der Waals surface area contributed by atoms with E-state index >= 15 is 0 Å². The molecule has 1 amide bonds. The van der Waals surface area contributed by atoms with Crippen molar-refractivity contribution in [2.75, 3.05) is 30.3 Å². The number of aromatic nitrogens is 1. The molecule has 1 aliphatic carbocycles. The summed E-state index contributed by atoms with van der Waals surface area (Å²) in [6.07, 6.45) is 3.95. The Morgan fingerprint density at radius 3 is 3.03 bits per heavy atom. The number of hydrogen-bond acceptors (Lipinski definition) is 6. The first-order valence-electron chi connectivity index (χ1n) is 11.6. The highest BCUT2D eigenvalue weighted by Crippen LogP contribution is 2.33. The summed E-state index contributed by atoms with van der Waals surface area (Å²) >= 11 is 1.38. The molecule has 4 N–H and O–H groups in total. The molecule has 2 atom stereocenters. The first-order valence-corrected chi connectivity index (χ1v) is 12.4. The Labute approximate surface area is 193 Å². The maximum Gasteiger partial charge on any atom is 0.263 e. The molecule has 3 heterocycles. The molecule has 1 aliphatic heterocycles. The number of nitrogens with two attached hydrogens (primary N) is 1. The number of nitrogens with zero attached hydrogens (tertiary/aromatic N) is 2. The molecule has 5 rings (SSSR count). The van der Waals surface area contributed by atoms with Crippen LogP contribution in [0.1, 0.15) is 46.3 Å². The Bertz CT molecular complexity index is 1160. The lowest BCUT2D eigenvalue weighted by molar-refractivity contribution is 0.0938. The second-order valence-corrected chi connectivity index (χ2v) is 10.0. The van der Waals surface area contributed by atoms with E-state index in [1.165, 1.54) is 28.2 Å². The Balaban J connectivity index is 1.28. The van der Waals surface area contributed by atoms with Gasteiger partial charge in [-0.25, -0.2) is 4.98 Å². The highest BCUT2D eigenvalue weighted by molar-refractivity contribution is 7.21. The van der Waals surface area contributed by atoms with Crippen LogP contribution in [0.4, 0.5) is 11.4 Å². The van der Waals surface area contributed by atoms with E-state index in [2.05, 4.69) is 45.6 Å². The summed E-state index contributed by atoms with van der Waals surface area (Å²) in [5.74, 6) is -0.0837. The van der Waals surface area contributed by atoms with E-state index in [1.54, 1.807) is 0 Å². The fraction of sp³-hybridized carbons (Fsp3) is 0.440. The number of amides is 1. The lowest BCUT2D eigenvalue weighted by Gasteiger charge is -2.36. The van der Waals surface area contributed by atoms with Crippen molar-refractivity contribution in [3.63, 3.8) is 0 Å². The number of benzene rings is 1. The third-order valence-electron chi connectivity index (χ3n) is 6.81. The van der Waals surface area contributed by atoms with Crippen LogP contribution in [0.15, 0.2) is 30.3 Å². The number of carbonyl (C=O) groups is 1. The van der Waals surface area contributed by atoms with Crippen molar-refractivity contribution >= 4 is 38.8 Å². The average molecular weight is 450 g/mol. The molecule has 2 aliphatic rings. The monoisotopic (exact) mass is 449 g/mol. The minimum absolute atomic E-state index is 0.0837. The number of thiophene rings is 1. The van der Waals surface area contributed by atoms with Gasteiger partial charge in [0.1, 0.15) is 9.71 Å². The Hall–Kier alpha value is -2.64. The van der Waals surface area contributed by atoms with E-state index in [4.69, 9.17) is 5.73 Å². The maximum atomic E-state index is 13.0. The van der Waals surface area contributed by atoms with Crippen molar-refractivity contribution in [2.24, 2.45) is 0 Å². The van der Waals surface area contributed by atoms with Crippen molar-refractivity contribution < 1.29 is 4.79 Å². The van der Waals surface area contributed by atoms with Gasteiger partial charge in [-0.3, -0.25) is 4.79 Å². The third kappa shape index (κ3) is 4.07. The molecule has 0 spiro atoms. The fourth-order valence-electron chi connectivity index (χ4n) is 4.90. The third-order valence-corrected chi connectivity index (χ3v) is 7.92. The molecule has 0 bridgehead atoms. The van der Waals surface area contributed by atoms with E-state index in [9.17, 15) is 4.79 Å². The van der Waals surface area contributed by atoms with Crippen LogP contribution in [-0.4, -0.2) is 42.6 Å². The first kappa shape index (κ1) is 21.2. The summed E-state index contributed by atoms with van der Waals surface area (Å²) < 4.78 is 0. The zero-order valence-electron chi connectivity index (χ0n) is 18.8. The van der Waals surface area contributed by atoms with E-state index < -0.39 is 0 Å². The highest BCUT2D eigenvalue weighted by Gasteiger charge is 2.25. The second kappa shape index (κ2) is 8.71. The molecule has 32 heavy (non-hydrogen) atoms. The predicted molar refractivity (Wildman–Crippen MR) is 133 cm³/mol. The molecular weight excluding hydrogens is 418 g/mol. The van der Waals surface area contributed by atoms with Crippen LogP contribution in [0.2, 0.25) is 0 Å². The number of piperazine rings is 1. The van der Waals surface area contributed by atoms with Crippen molar-refractivity contribution in [3.8, 4) is 0 Å². The van der Waals surface area contributed by atoms with Gasteiger partial charge in [-0.2, -0.15) is 0 Å². The molecule has 1 aromatic carbocycles. The highest BCUT2D eigenvalue weighted by atomic mass is 32.1. The second-order valence-electron chi connectivity index (χ2n) is 9.02. The number of rotatable bonds is 4. The number of hydrogen-bond donors (Lipinski definition) is 3. The van der Waals surface area contributed by atoms with Gasteiger partial charge in [-0.1, -0.05) is 13.0 Å². The number of nitrogens with one attached hydrogen (secondary N) is 2. The van der Waals surface area contributed by atoms with Gasteiger partial charge in [0.05, 0.1) is 5.69 Å². The summed E-state index contributed by atoms with van der Waals surface area (Å²) in [6, 6.07) is 11.5. The molecule has 1 saturated heterocycles. The summed E-state index contributed by atoms with van der Waals surface area (Å²) in [6.45, 7) is 7.36. The van der Waals surface area contributed by atoms with Crippen LogP contribution in [-0.2, 0) is 12.8 Å². The molecule has 2 aromatic heterocycles. The van der Waals surface area contributed by atoms with E-state index in [-0.39, 0.29) is 11.9 Å². The van der Waals surface area contributed by atoms with E-state index in [0.717, 1.165) is 61.2 Å². The number of carbonyl (C=O) groups excluding carboxylic acids is 1. The lowest BCUT2D eigenvalue weighted by Crippen LogP contribution is -2.50. The van der Waals surface area contributed by atoms with Gasteiger partial charge >= 0.3 is 0 Å². The minimum Gasteiger partial charge on any atom is -0.397 e. The maximum absolute atomic E-state index is 13.0. The van der Waals surface area contributed by atoms with Crippen LogP contribution < -0.4 is 21.3 Å². The van der Waals surface area contributed by atoms with Crippen molar-refractivity contribution in [1.29, 1.82) is 0 Å². The number of nitrogen functional groups attached to an aromatic ring is 1. The standard InChI is InChI=1S/C25H31N5OS/c1-3-18-14-30(11-10-27-18)20-8-6-16-12-19(7-5-17(16)13-20)29-24(31)23-22(26)21-9-4-15(2)28-25(21)32-23/h4,6,8-9,13,18-19,27H,3,5,7,10-12,14,26H2,1-2H3,(H,29,31)/t18-,19+/m1/s1. The molecule has 168 valence electrons. The van der Waals surface area contributed by atoms with Gasteiger partial charge in [0, 0.05) is 48.5 Å². The molecule has 6 nitrogen and oxygen atoms in total. The Kier molecular flexibility index (Phi) is 5.78.